The molecule has 1 saturated heterocycles. The molecule has 0 amide bonds. The van der Waals surface area contributed by atoms with Gasteiger partial charge in [0, 0.05) is 19.6 Å². The molecule has 0 aromatic heterocycles. The summed E-state index contributed by atoms with van der Waals surface area (Å²) in [7, 11) is 1.81. The number of likely N-dealkylation sites (tertiary alicyclic amines) is 1. The second-order valence-corrected chi connectivity index (χ2v) is 4.40. The van der Waals surface area contributed by atoms with Crippen LogP contribution in [0.15, 0.2) is 12.2 Å². The fourth-order valence-electron chi connectivity index (χ4n) is 2.09. The van der Waals surface area contributed by atoms with E-state index in [0.717, 1.165) is 12.1 Å². The number of rotatable bonds is 4. The van der Waals surface area contributed by atoms with Crippen molar-refractivity contribution < 1.29 is 13.2 Å². The minimum Gasteiger partial charge on any atom is -0.316 e. The summed E-state index contributed by atoms with van der Waals surface area (Å²) in [6.07, 6.45) is -3.17. The third-order valence-corrected chi connectivity index (χ3v) is 2.84. The van der Waals surface area contributed by atoms with Crippen molar-refractivity contribution in [3.63, 3.8) is 0 Å². The van der Waals surface area contributed by atoms with E-state index >= 15 is 0 Å². The maximum atomic E-state index is 12.5. The van der Waals surface area contributed by atoms with Crippen LogP contribution in [0, 0.1) is 5.92 Å². The van der Waals surface area contributed by atoms with Gasteiger partial charge in [-0.15, -0.1) is 0 Å². The number of hydrogen-bond acceptors (Lipinski definition) is 2. The molecule has 2 nitrogen and oxygen atoms in total. The van der Waals surface area contributed by atoms with Crippen LogP contribution in [0.1, 0.15) is 12.8 Å². The highest BCUT2D eigenvalue weighted by atomic mass is 19.4. The number of nitrogens with one attached hydrogen (secondary N) is 1. The largest absolute Gasteiger partial charge is 0.393 e. The number of likely N-dealkylation sites (N-methyl/N-ethyl adjacent to an activating group) is 1. The highest BCUT2D eigenvalue weighted by Crippen LogP contribution is 2.33. The van der Waals surface area contributed by atoms with Crippen LogP contribution in [0.4, 0.5) is 13.2 Å². The zero-order valence-corrected chi connectivity index (χ0v) is 9.61. The van der Waals surface area contributed by atoms with Crippen LogP contribution in [0.25, 0.3) is 0 Å². The summed E-state index contributed by atoms with van der Waals surface area (Å²) in [4.78, 5) is 1.85. The average Bonchev–Trinajstić information content (AvgIpc) is 2.17. The summed E-state index contributed by atoms with van der Waals surface area (Å²) >= 11 is 0. The van der Waals surface area contributed by atoms with E-state index in [1.54, 1.807) is 7.05 Å². The van der Waals surface area contributed by atoms with Crippen LogP contribution < -0.4 is 5.32 Å². The van der Waals surface area contributed by atoms with E-state index in [2.05, 4.69) is 11.9 Å². The fourth-order valence-corrected chi connectivity index (χ4v) is 2.09. The third-order valence-electron chi connectivity index (χ3n) is 2.84. The van der Waals surface area contributed by atoms with Gasteiger partial charge in [0.25, 0.3) is 0 Å². The molecule has 1 heterocycles. The van der Waals surface area contributed by atoms with Gasteiger partial charge in [0.2, 0.25) is 0 Å². The van der Waals surface area contributed by atoms with Gasteiger partial charge in [0.05, 0.1) is 5.92 Å². The summed E-state index contributed by atoms with van der Waals surface area (Å²) in [6.45, 7) is 5.93. The number of piperidine rings is 1. The van der Waals surface area contributed by atoms with Gasteiger partial charge in [0.1, 0.15) is 0 Å². The topological polar surface area (TPSA) is 15.3 Å². The Labute approximate surface area is 94.5 Å². The van der Waals surface area contributed by atoms with Crippen molar-refractivity contribution in [2.24, 2.45) is 5.92 Å². The highest BCUT2D eigenvalue weighted by molar-refractivity contribution is 5.00. The van der Waals surface area contributed by atoms with Crippen molar-refractivity contribution in [2.75, 3.05) is 33.2 Å². The molecule has 94 valence electrons. The van der Waals surface area contributed by atoms with Crippen molar-refractivity contribution in [3.8, 4) is 0 Å². The van der Waals surface area contributed by atoms with E-state index in [0.29, 0.717) is 19.5 Å². The maximum absolute atomic E-state index is 12.5. The lowest BCUT2D eigenvalue weighted by Gasteiger charge is -2.34. The Kier molecular flexibility index (Phi) is 4.80. The Hall–Kier alpha value is -0.550. The molecular formula is C11H19F3N2. The maximum Gasteiger partial charge on any atom is 0.393 e. The quantitative estimate of drug-likeness (QED) is 0.751. The molecule has 1 rings (SSSR count). The first-order valence-electron chi connectivity index (χ1n) is 5.54. The Balaban J connectivity index is 2.42. The molecule has 5 heteroatoms. The molecule has 0 bridgehead atoms. The van der Waals surface area contributed by atoms with Crippen LogP contribution in [0.2, 0.25) is 0 Å². The van der Waals surface area contributed by atoms with Gasteiger partial charge in [-0.05, 0) is 32.0 Å². The lowest BCUT2D eigenvalue weighted by molar-refractivity contribution is -0.186. The zero-order chi connectivity index (χ0) is 12.2. The second kappa shape index (κ2) is 5.68. The fraction of sp³-hybridized carbons (Fsp3) is 0.818. The van der Waals surface area contributed by atoms with Crippen molar-refractivity contribution in [1.82, 2.24) is 10.2 Å². The molecule has 1 N–H and O–H groups in total. The summed E-state index contributed by atoms with van der Waals surface area (Å²) in [6, 6.07) is 0. The van der Waals surface area contributed by atoms with Crippen molar-refractivity contribution in [3.05, 3.63) is 12.2 Å². The lowest BCUT2D eigenvalue weighted by Crippen LogP contribution is -2.42. The molecule has 0 radical (unpaired) electrons. The van der Waals surface area contributed by atoms with Crippen LogP contribution in [0.5, 0.6) is 0 Å². The molecule has 16 heavy (non-hydrogen) atoms. The molecule has 1 atom stereocenters. The molecule has 0 spiro atoms. The highest BCUT2D eigenvalue weighted by Gasteiger charge is 2.41. The second-order valence-electron chi connectivity index (χ2n) is 4.40. The average molecular weight is 236 g/mol. The minimum atomic E-state index is -4.05. The van der Waals surface area contributed by atoms with Gasteiger partial charge >= 0.3 is 6.18 Å². The van der Waals surface area contributed by atoms with E-state index in [4.69, 9.17) is 0 Å². The van der Waals surface area contributed by atoms with E-state index in [-0.39, 0.29) is 13.0 Å². The van der Waals surface area contributed by atoms with Crippen molar-refractivity contribution in [2.45, 2.75) is 19.0 Å². The van der Waals surface area contributed by atoms with Crippen LogP contribution in [0.3, 0.4) is 0 Å². The standard InChI is InChI=1S/C11H19F3N2/c1-9(6-15-2)7-16-5-3-4-10(8-16)11(12,13)14/h10,15H,1,3-8H2,2H3. The number of hydrogen-bond donors (Lipinski definition) is 1. The van der Waals surface area contributed by atoms with Gasteiger partial charge < -0.3 is 5.32 Å². The predicted octanol–water partition coefficient (Wildman–Crippen LogP) is 2.04. The summed E-state index contributed by atoms with van der Waals surface area (Å²) in [5.74, 6) is -1.16. The third kappa shape index (κ3) is 4.14. The lowest BCUT2D eigenvalue weighted by atomic mass is 9.97. The van der Waals surface area contributed by atoms with Gasteiger partial charge in [-0.25, -0.2) is 0 Å². The summed E-state index contributed by atoms with van der Waals surface area (Å²) < 4.78 is 37.6. The number of halogens is 3. The van der Waals surface area contributed by atoms with Crippen molar-refractivity contribution >= 4 is 0 Å². The first kappa shape index (κ1) is 13.5. The molecule has 1 aliphatic rings. The molecule has 1 unspecified atom stereocenters. The van der Waals surface area contributed by atoms with Gasteiger partial charge in [-0.2, -0.15) is 13.2 Å². The molecule has 1 aliphatic heterocycles. The molecule has 1 fully saturated rings. The minimum absolute atomic E-state index is 0.117. The first-order valence-corrected chi connectivity index (χ1v) is 5.54. The van der Waals surface area contributed by atoms with Gasteiger partial charge in [0.15, 0.2) is 0 Å². The molecule has 0 aromatic rings. The van der Waals surface area contributed by atoms with Gasteiger partial charge in [-0.1, -0.05) is 6.58 Å². The van der Waals surface area contributed by atoms with Crippen LogP contribution in [-0.4, -0.2) is 44.3 Å². The van der Waals surface area contributed by atoms with E-state index < -0.39 is 12.1 Å². The summed E-state index contributed by atoms with van der Waals surface area (Å²) in [5, 5.41) is 2.95. The molecule has 0 aromatic carbocycles. The summed E-state index contributed by atoms with van der Waals surface area (Å²) in [5.41, 5.74) is 0.935. The number of alkyl halides is 3. The SMILES string of the molecule is C=C(CNC)CN1CCCC(C(F)(F)F)C1. The van der Waals surface area contributed by atoms with Crippen molar-refractivity contribution in [1.29, 1.82) is 0 Å². The smallest absolute Gasteiger partial charge is 0.316 e. The zero-order valence-electron chi connectivity index (χ0n) is 9.61. The van der Waals surface area contributed by atoms with Crippen LogP contribution >= 0.6 is 0 Å². The molecule has 0 aliphatic carbocycles. The molecular weight excluding hydrogens is 217 g/mol. The van der Waals surface area contributed by atoms with E-state index in [9.17, 15) is 13.2 Å². The Morgan fingerprint density at radius 3 is 2.75 bits per heavy atom. The Bertz CT molecular complexity index is 238. The number of nitrogens with zero attached hydrogens (tertiary/aromatic N) is 1. The predicted molar refractivity (Wildman–Crippen MR) is 58.3 cm³/mol. The van der Waals surface area contributed by atoms with Crippen LogP contribution in [-0.2, 0) is 0 Å². The first-order chi connectivity index (χ1) is 7.43. The molecule has 0 saturated carbocycles. The van der Waals surface area contributed by atoms with Gasteiger partial charge in [-0.3, -0.25) is 4.90 Å². The Morgan fingerprint density at radius 1 is 1.50 bits per heavy atom. The Morgan fingerprint density at radius 2 is 2.19 bits per heavy atom. The van der Waals surface area contributed by atoms with E-state index in [1.807, 2.05) is 4.90 Å². The monoisotopic (exact) mass is 236 g/mol. The van der Waals surface area contributed by atoms with E-state index in [1.165, 1.54) is 0 Å². The normalized spacial score (nSPS) is 23.4.